The van der Waals surface area contributed by atoms with E-state index in [-0.39, 0.29) is 6.09 Å². The summed E-state index contributed by atoms with van der Waals surface area (Å²) in [6, 6.07) is 0.905. The Morgan fingerprint density at radius 2 is 2.40 bits per heavy atom. The van der Waals surface area contributed by atoms with E-state index in [1.165, 1.54) is 0 Å². The standard InChI is InChI=1S/C11H20N2O2/c1-2-3-8-15-11(14)13-7-5-9-10(13)4-6-12-9/h9-10,12H,2-8H2,1H3/t9-,10-/m0/s1. The summed E-state index contributed by atoms with van der Waals surface area (Å²) in [4.78, 5) is 13.6. The number of fused-ring (bicyclic) bond motifs is 1. The molecule has 2 aliphatic rings. The molecule has 2 atom stereocenters. The van der Waals surface area contributed by atoms with Crippen LogP contribution in [0.3, 0.4) is 0 Å². The number of likely N-dealkylation sites (tertiary alicyclic amines) is 1. The molecule has 0 unspecified atom stereocenters. The van der Waals surface area contributed by atoms with Crippen LogP contribution >= 0.6 is 0 Å². The maximum Gasteiger partial charge on any atom is 0.410 e. The van der Waals surface area contributed by atoms with Crippen LogP contribution in [0.2, 0.25) is 0 Å². The number of carbonyl (C=O) groups is 1. The molecule has 86 valence electrons. The normalized spacial score (nSPS) is 29.3. The summed E-state index contributed by atoms with van der Waals surface area (Å²) in [5.41, 5.74) is 0. The van der Waals surface area contributed by atoms with Crippen molar-refractivity contribution in [3.05, 3.63) is 0 Å². The summed E-state index contributed by atoms with van der Waals surface area (Å²) in [7, 11) is 0. The number of rotatable bonds is 3. The van der Waals surface area contributed by atoms with Gasteiger partial charge in [-0.05, 0) is 25.8 Å². The molecule has 15 heavy (non-hydrogen) atoms. The monoisotopic (exact) mass is 212 g/mol. The van der Waals surface area contributed by atoms with E-state index in [4.69, 9.17) is 4.74 Å². The predicted octanol–water partition coefficient (Wildman–Crippen LogP) is 1.36. The summed E-state index contributed by atoms with van der Waals surface area (Å²) in [6.07, 6.45) is 4.08. The molecule has 0 bridgehead atoms. The molecule has 0 radical (unpaired) electrons. The Kier molecular flexibility index (Phi) is 3.46. The fourth-order valence-corrected chi connectivity index (χ4v) is 2.48. The second kappa shape index (κ2) is 4.84. The van der Waals surface area contributed by atoms with E-state index in [0.29, 0.717) is 18.7 Å². The zero-order valence-corrected chi connectivity index (χ0v) is 9.37. The van der Waals surface area contributed by atoms with Gasteiger partial charge < -0.3 is 15.0 Å². The number of unbranched alkanes of at least 4 members (excludes halogenated alkanes) is 1. The van der Waals surface area contributed by atoms with Gasteiger partial charge >= 0.3 is 6.09 Å². The number of carbonyl (C=O) groups excluding carboxylic acids is 1. The van der Waals surface area contributed by atoms with Gasteiger partial charge in [0.2, 0.25) is 0 Å². The van der Waals surface area contributed by atoms with Gasteiger partial charge in [0.05, 0.1) is 12.6 Å². The second-order valence-electron chi connectivity index (χ2n) is 4.37. The Labute approximate surface area is 91.0 Å². The van der Waals surface area contributed by atoms with Gasteiger partial charge in [-0.15, -0.1) is 0 Å². The van der Waals surface area contributed by atoms with Crippen molar-refractivity contribution in [1.82, 2.24) is 10.2 Å². The molecule has 0 aromatic carbocycles. The maximum absolute atomic E-state index is 11.7. The van der Waals surface area contributed by atoms with Gasteiger partial charge in [-0.25, -0.2) is 4.79 Å². The molecule has 0 aliphatic carbocycles. The van der Waals surface area contributed by atoms with Crippen LogP contribution < -0.4 is 5.32 Å². The molecule has 4 nitrogen and oxygen atoms in total. The average Bonchev–Trinajstić information content (AvgIpc) is 2.78. The Hall–Kier alpha value is -0.770. The number of nitrogens with zero attached hydrogens (tertiary/aromatic N) is 1. The molecule has 1 N–H and O–H groups in total. The van der Waals surface area contributed by atoms with Gasteiger partial charge in [-0.1, -0.05) is 13.3 Å². The van der Waals surface area contributed by atoms with Crippen molar-refractivity contribution in [2.75, 3.05) is 19.7 Å². The van der Waals surface area contributed by atoms with Gasteiger partial charge in [-0.3, -0.25) is 0 Å². The molecule has 0 aromatic heterocycles. The predicted molar refractivity (Wildman–Crippen MR) is 57.8 cm³/mol. The maximum atomic E-state index is 11.7. The molecule has 0 spiro atoms. The van der Waals surface area contributed by atoms with Gasteiger partial charge in [0.15, 0.2) is 0 Å². The first-order valence-corrected chi connectivity index (χ1v) is 5.99. The number of hydrogen-bond donors (Lipinski definition) is 1. The van der Waals surface area contributed by atoms with Gasteiger partial charge in [0.1, 0.15) is 0 Å². The molecule has 2 heterocycles. The summed E-state index contributed by atoms with van der Waals surface area (Å²) >= 11 is 0. The molecular weight excluding hydrogens is 192 g/mol. The van der Waals surface area contributed by atoms with Crippen LogP contribution in [-0.4, -0.2) is 42.8 Å². The molecule has 0 saturated carbocycles. The Morgan fingerprint density at radius 1 is 1.53 bits per heavy atom. The van der Waals surface area contributed by atoms with Crippen LogP contribution in [0.1, 0.15) is 32.6 Å². The highest BCUT2D eigenvalue weighted by atomic mass is 16.6. The molecule has 0 aromatic rings. The lowest BCUT2D eigenvalue weighted by molar-refractivity contribution is 0.0970. The second-order valence-corrected chi connectivity index (χ2v) is 4.37. The molecule has 4 heteroatoms. The van der Waals surface area contributed by atoms with Crippen molar-refractivity contribution in [1.29, 1.82) is 0 Å². The molecule has 1 amide bonds. The van der Waals surface area contributed by atoms with Crippen LogP contribution in [0.15, 0.2) is 0 Å². The third-order valence-electron chi connectivity index (χ3n) is 3.35. The Balaban J connectivity index is 1.80. The Bertz CT molecular complexity index is 233. The highest BCUT2D eigenvalue weighted by molar-refractivity contribution is 5.68. The summed E-state index contributed by atoms with van der Waals surface area (Å²) in [5.74, 6) is 0. The molecule has 2 saturated heterocycles. The lowest BCUT2D eigenvalue weighted by Crippen LogP contribution is -2.39. The van der Waals surface area contributed by atoms with Gasteiger partial charge in [-0.2, -0.15) is 0 Å². The fourth-order valence-electron chi connectivity index (χ4n) is 2.48. The lowest BCUT2D eigenvalue weighted by Gasteiger charge is -2.22. The van der Waals surface area contributed by atoms with Crippen LogP contribution in [0, 0.1) is 0 Å². The van der Waals surface area contributed by atoms with Gasteiger partial charge in [0, 0.05) is 12.6 Å². The zero-order valence-electron chi connectivity index (χ0n) is 9.37. The zero-order chi connectivity index (χ0) is 10.7. The number of nitrogens with one attached hydrogen (secondary N) is 1. The van der Waals surface area contributed by atoms with Crippen molar-refractivity contribution >= 4 is 6.09 Å². The minimum absolute atomic E-state index is 0.111. The topological polar surface area (TPSA) is 41.6 Å². The molecular formula is C11H20N2O2. The number of hydrogen-bond acceptors (Lipinski definition) is 3. The first-order valence-electron chi connectivity index (χ1n) is 5.99. The quantitative estimate of drug-likeness (QED) is 0.718. The van der Waals surface area contributed by atoms with Crippen LogP contribution in [0.5, 0.6) is 0 Å². The third kappa shape index (κ3) is 2.25. The first-order chi connectivity index (χ1) is 7.33. The fraction of sp³-hybridized carbons (Fsp3) is 0.909. The van der Waals surface area contributed by atoms with Gasteiger partial charge in [0.25, 0.3) is 0 Å². The average molecular weight is 212 g/mol. The van der Waals surface area contributed by atoms with Crippen LogP contribution in [-0.2, 0) is 4.74 Å². The van der Waals surface area contributed by atoms with E-state index in [9.17, 15) is 4.79 Å². The smallest absolute Gasteiger partial charge is 0.410 e. The highest BCUT2D eigenvalue weighted by Crippen LogP contribution is 2.25. The van der Waals surface area contributed by atoms with Crippen LogP contribution in [0.4, 0.5) is 4.79 Å². The summed E-state index contributed by atoms with van der Waals surface area (Å²) < 4.78 is 5.23. The SMILES string of the molecule is CCCCOC(=O)N1CC[C@@H]2NCC[C@@H]21. The minimum Gasteiger partial charge on any atom is -0.449 e. The van der Waals surface area contributed by atoms with Crippen molar-refractivity contribution < 1.29 is 9.53 Å². The molecule has 2 fully saturated rings. The Morgan fingerprint density at radius 3 is 3.20 bits per heavy atom. The first kappa shape index (κ1) is 10.7. The van der Waals surface area contributed by atoms with E-state index in [2.05, 4.69) is 12.2 Å². The van der Waals surface area contributed by atoms with Crippen LogP contribution in [0.25, 0.3) is 0 Å². The number of amides is 1. The third-order valence-corrected chi connectivity index (χ3v) is 3.35. The molecule has 2 aliphatic heterocycles. The van der Waals surface area contributed by atoms with E-state index in [1.54, 1.807) is 0 Å². The lowest BCUT2D eigenvalue weighted by atomic mass is 10.1. The largest absolute Gasteiger partial charge is 0.449 e. The van der Waals surface area contributed by atoms with Crippen molar-refractivity contribution in [2.45, 2.75) is 44.7 Å². The van der Waals surface area contributed by atoms with E-state index in [0.717, 1.165) is 38.8 Å². The van der Waals surface area contributed by atoms with Crippen molar-refractivity contribution in [3.8, 4) is 0 Å². The summed E-state index contributed by atoms with van der Waals surface area (Å²) in [5, 5.41) is 3.42. The summed E-state index contributed by atoms with van der Waals surface area (Å²) in [6.45, 7) is 4.55. The van der Waals surface area contributed by atoms with E-state index >= 15 is 0 Å². The van der Waals surface area contributed by atoms with Crippen molar-refractivity contribution in [3.63, 3.8) is 0 Å². The van der Waals surface area contributed by atoms with Crippen molar-refractivity contribution in [2.24, 2.45) is 0 Å². The van der Waals surface area contributed by atoms with E-state index in [1.807, 2.05) is 4.90 Å². The molecule has 2 rings (SSSR count). The highest BCUT2D eigenvalue weighted by Gasteiger charge is 2.40. The number of ether oxygens (including phenoxy) is 1. The van der Waals surface area contributed by atoms with E-state index < -0.39 is 0 Å². The minimum atomic E-state index is -0.111.